The summed E-state index contributed by atoms with van der Waals surface area (Å²) >= 11 is 0. The zero-order valence-electron chi connectivity index (χ0n) is 11.8. The van der Waals surface area contributed by atoms with Gasteiger partial charge in [-0.2, -0.15) is 4.39 Å². The van der Waals surface area contributed by atoms with E-state index in [0.29, 0.717) is 6.07 Å². The van der Waals surface area contributed by atoms with Crippen LogP contribution in [0.2, 0.25) is 0 Å². The molecule has 0 bridgehead atoms. The molecule has 0 N–H and O–H groups in total. The number of nitrogens with zero attached hydrogens (tertiary/aromatic N) is 1. The highest BCUT2D eigenvalue weighted by Gasteiger charge is 2.45. The summed E-state index contributed by atoms with van der Waals surface area (Å²) in [5, 5.41) is 0. The maximum atomic E-state index is 13.9. The van der Waals surface area contributed by atoms with Gasteiger partial charge < -0.3 is 14.3 Å². The molecule has 0 aliphatic carbocycles. The summed E-state index contributed by atoms with van der Waals surface area (Å²) in [7, 11) is -3.36. The molecule has 2 atom stereocenters. The summed E-state index contributed by atoms with van der Waals surface area (Å²) in [4.78, 5) is 25.5. The van der Waals surface area contributed by atoms with Gasteiger partial charge in [-0.05, 0) is 13.0 Å². The second kappa shape index (κ2) is 5.43. The second-order valence-corrected chi connectivity index (χ2v) is 5.32. The van der Waals surface area contributed by atoms with Crippen molar-refractivity contribution in [1.29, 1.82) is 0 Å². The van der Waals surface area contributed by atoms with Crippen molar-refractivity contribution in [2.75, 3.05) is 18.1 Å². The first-order valence-corrected chi connectivity index (χ1v) is 6.75. The molecule has 2 aliphatic heterocycles. The van der Waals surface area contributed by atoms with Gasteiger partial charge in [-0.15, -0.1) is 0 Å². The van der Waals surface area contributed by atoms with Gasteiger partial charge in [0.1, 0.15) is 12.5 Å². The molecule has 5 nitrogen and oxygen atoms in total. The quantitative estimate of drug-likeness (QED) is 0.470. The average molecular weight is 331 g/mol. The van der Waals surface area contributed by atoms with Crippen molar-refractivity contribution < 1.29 is 36.4 Å². The van der Waals surface area contributed by atoms with E-state index in [1.807, 2.05) is 0 Å². The Kier molecular flexibility index (Phi) is 3.69. The molecule has 1 aromatic rings. The summed E-state index contributed by atoms with van der Waals surface area (Å²) in [5.41, 5.74) is -0.248. The summed E-state index contributed by atoms with van der Waals surface area (Å²) in [6, 6.07) is 0.285. The molecule has 2 heterocycles. The molecule has 0 saturated heterocycles. The number of benzene rings is 1. The van der Waals surface area contributed by atoms with E-state index in [9.17, 15) is 27.0 Å². The highest BCUT2D eigenvalue weighted by molar-refractivity contribution is 6.38. The Morgan fingerprint density at radius 2 is 2.13 bits per heavy atom. The van der Waals surface area contributed by atoms with Crippen molar-refractivity contribution in [2.45, 2.75) is 13.0 Å². The number of anilines is 1. The van der Waals surface area contributed by atoms with E-state index in [4.69, 9.17) is 4.74 Å². The standard InChI is InChI=1S/C13H10BF4NO4/c1-5-4-22-12-9(16)8(15)2-6-10(12)19(5)3-7(11(6)20)13(21)23-14(17)18/h2,5,7H,3-4H2,1H3/t5-,7?/m0/s1. The number of hydrogen-bond donors (Lipinski definition) is 0. The van der Waals surface area contributed by atoms with Crippen molar-refractivity contribution in [3.8, 4) is 5.75 Å². The van der Waals surface area contributed by atoms with Crippen LogP contribution in [-0.2, 0) is 9.45 Å². The number of rotatable bonds is 2. The SMILES string of the molecule is C[C@H]1COc2c(F)c(F)cc3c2N1CC(C(=O)OB(F)F)C3=O. The van der Waals surface area contributed by atoms with Crippen molar-refractivity contribution in [1.82, 2.24) is 0 Å². The average Bonchev–Trinajstić information content (AvgIpc) is 2.47. The molecule has 3 rings (SSSR count). The fraction of sp³-hybridized carbons (Fsp3) is 0.385. The van der Waals surface area contributed by atoms with Crippen LogP contribution in [0, 0.1) is 17.6 Å². The summed E-state index contributed by atoms with van der Waals surface area (Å²) in [6.07, 6.45) is 0. The molecule has 0 radical (unpaired) electrons. The van der Waals surface area contributed by atoms with Gasteiger partial charge in [0.05, 0.1) is 11.7 Å². The molecule has 2 aliphatic rings. The van der Waals surface area contributed by atoms with Crippen LogP contribution in [0.25, 0.3) is 0 Å². The van der Waals surface area contributed by atoms with Crippen molar-refractivity contribution in [2.24, 2.45) is 5.92 Å². The number of carbonyl (C=O) groups excluding carboxylic acids is 2. The Morgan fingerprint density at radius 1 is 1.43 bits per heavy atom. The van der Waals surface area contributed by atoms with Crippen LogP contribution in [0.5, 0.6) is 5.75 Å². The first-order valence-electron chi connectivity index (χ1n) is 6.75. The van der Waals surface area contributed by atoms with Gasteiger partial charge in [0.15, 0.2) is 17.3 Å². The Morgan fingerprint density at radius 3 is 2.78 bits per heavy atom. The lowest BCUT2D eigenvalue weighted by atomic mass is 9.88. The number of halogens is 4. The van der Waals surface area contributed by atoms with E-state index >= 15 is 0 Å². The summed E-state index contributed by atoms with van der Waals surface area (Å²) in [6.45, 7) is 1.41. The third-order valence-corrected chi connectivity index (χ3v) is 3.89. The van der Waals surface area contributed by atoms with Crippen LogP contribution >= 0.6 is 0 Å². The first kappa shape index (κ1) is 15.6. The molecular weight excluding hydrogens is 321 g/mol. The highest BCUT2D eigenvalue weighted by Crippen LogP contribution is 2.44. The topological polar surface area (TPSA) is 55.8 Å². The Labute approximate surface area is 128 Å². The maximum Gasteiger partial charge on any atom is 0.798 e. The molecule has 1 unspecified atom stereocenters. The van der Waals surface area contributed by atoms with Gasteiger partial charge in [-0.25, -0.2) is 13.0 Å². The monoisotopic (exact) mass is 331 g/mol. The zero-order chi connectivity index (χ0) is 16.9. The minimum atomic E-state index is -3.36. The van der Waals surface area contributed by atoms with Crippen LogP contribution in [0.3, 0.4) is 0 Å². The van der Waals surface area contributed by atoms with E-state index in [1.165, 1.54) is 4.90 Å². The van der Waals surface area contributed by atoms with Gasteiger partial charge in [0, 0.05) is 12.1 Å². The lowest BCUT2D eigenvalue weighted by Gasteiger charge is -2.42. The molecular formula is C13H10BF4NO4. The summed E-state index contributed by atoms with van der Waals surface area (Å²) < 4.78 is 60.9. The number of ketones is 1. The van der Waals surface area contributed by atoms with Gasteiger partial charge in [-0.1, -0.05) is 0 Å². The molecule has 0 amide bonds. The minimum absolute atomic E-state index is 0.00236. The predicted molar refractivity (Wildman–Crippen MR) is 70.5 cm³/mol. The Balaban J connectivity index is 2.09. The Bertz CT molecular complexity index is 699. The molecule has 1 aromatic carbocycles. The van der Waals surface area contributed by atoms with Crippen LogP contribution in [0.4, 0.5) is 23.1 Å². The van der Waals surface area contributed by atoms with Crippen LogP contribution in [0.15, 0.2) is 6.07 Å². The fourth-order valence-electron chi connectivity index (χ4n) is 2.80. The lowest BCUT2D eigenvalue weighted by molar-refractivity contribution is -0.138. The van der Waals surface area contributed by atoms with Crippen LogP contribution in [0.1, 0.15) is 17.3 Å². The van der Waals surface area contributed by atoms with E-state index < -0.39 is 42.5 Å². The number of ether oxygens (including phenoxy) is 1. The third-order valence-electron chi connectivity index (χ3n) is 3.89. The van der Waals surface area contributed by atoms with E-state index in [0.717, 1.165) is 0 Å². The van der Waals surface area contributed by atoms with E-state index in [1.54, 1.807) is 6.92 Å². The fourth-order valence-corrected chi connectivity index (χ4v) is 2.80. The van der Waals surface area contributed by atoms with E-state index in [2.05, 4.69) is 4.65 Å². The van der Waals surface area contributed by atoms with E-state index in [-0.39, 0.29) is 30.4 Å². The predicted octanol–water partition coefficient (Wildman–Crippen LogP) is 1.83. The molecule has 0 saturated carbocycles. The van der Waals surface area contributed by atoms with Gasteiger partial charge in [0.2, 0.25) is 5.82 Å². The largest absolute Gasteiger partial charge is 0.798 e. The number of Topliss-reactive ketones (excluding diaryl/α,β-unsaturated/α-hetero) is 1. The normalized spacial score (nSPS) is 22.3. The summed E-state index contributed by atoms with van der Waals surface area (Å²) in [5.74, 6) is -6.80. The van der Waals surface area contributed by atoms with Gasteiger partial charge in [-0.3, -0.25) is 9.59 Å². The first-order chi connectivity index (χ1) is 10.8. The van der Waals surface area contributed by atoms with Gasteiger partial charge in [0.25, 0.3) is 0 Å². The molecule has 0 aromatic heterocycles. The number of carbonyl (C=O) groups is 2. The maximum absolute atomic E-state index is 13.9. The second-order valence-electron chi connectivity index (χ2n) is 5.32. The highest BCUT2D eigenvalue weighted by atomic mass is 19.2. The minimum Gasteiger partial charge on any atom is -0.486 e. The zero-order valence-corrected chi connectivity index (χ0v) is 11.8. The van der Waals surface area contributed by atoms with Crippen LogP contribution in [-0.4, -0.2) is 38.4 Å². The molecule has 122 valence electrons. The molecule has 10 heteroatoms. The molecule has 23 heavy (non-hydrogen) atoms. The Hall–Kier alpha value is -2.26. The molecule has 0 spiro atoms. The lowest BCUT2D eigenvalue weighted by Crippen LogP contribution is -2.51. The third kappa shape index (κ3) is 2.41. The van der Waals surface area contributed by atoms with Crippen molar-refractivity contribution >= 4 is 24.9 Å². The van der Waals surface area contributed by atoms with Crippen molar-refractivity contribution in [3.63, 3.8) is 0 Å². The van der Waals surface area contributed by atoms with Crippen LogP contribution < -0.4 is 9.64 Å². The molecule has 0 fully saturated rings. The smallest absolute Gasteiger partial charge is 0.486 e. The number of hydrogen-bond acceptors (Lipinski definition) is 5. The van der Waals surface area contributed by atoms with Crippen molar-refractivity contribution in [3.05, 3.63) is 23.3 Å². The van der Waals surface area contributed by atoms with Gasteiger partial charge >= 0.3 is 13.4 Å².